The number of likely N-dealkylation sites (tertiary alicyclic amines) is 1. The lowest BCUT2D eigenvalue weighted by Gasteiger charge is -2.40. The molecule has 1 aromatic carbocycles. The SMILES string of the molecule is Cc1cccc(C(=O)N2CCC[C@@H](C)[C@H]2CNc2ncc(Cl)cn2)c1-c1ncccn1. The minimum absolute atomic E-state index is 0.00141. The summed E-state index contributed by atoms with van der Waals surface area (Å²) in [5.41, 5.74) is 2.40. The third kappa shape index (κ3) is 4.66. The van der Waals surface area contributed by atoms with Gasteiger partial charge < -0.3 is 10.2 Å². The molecule has 1 saturated heterocycles. The van der Waals surface area contributed by atoms with E-state index in [4.69, 9.17) is 11.6 Å². The van der Waals surface area contributed by atoms with Gasteiger partial charge in [-0.15, -0.1) is 0 Å². The average molecular weight is 437 g/mol. The molecular formula is C23H25ClN6O. The maximum atomic E-state index is 13.8. The summed E-state index contributed by atoms with van der Waals surface area (Å²) in [6.07, 6.45) is 8.56. The number of carbonyl (C=O) groups excluding carboxylic acids is 1. The van der Waals surface area contributed by atoms with E-state index in [0.29, 0.717) is 41.4 Å². The van der Waals surface area contributed by atoms with Crippen LogP contribution in [0.2, 0.25) is 5.02 Å². The van der Waals surface area contributed by atoms with Crippen molar-refractivity contribution in [2.24, 2.45) is 5.92 Å². The summed E-state index contributed by atoms with van der Waals surface area (Å²) in [6.45, 7) is 5.45. The molecule has 1 aliphatic heterocycles. The van der Waals surface area contributed by atoms with E-state index in [1.807, 2.05) is 30.0 Å². The van der Waals surface area contributed by atoms with Gasteiger partial charge in [0.2, 0.25) is 5.95 Å². The number of piperidine rings is 1. The number of halogens is 1. The monoisotopic (exact) mass is 436 g/mol. The number of rotatable bonds is 5. The van der Waals surface area contributed by atoms with E-state index in [0.717, 1.165) is 24.0 Å². The number of carbonyl (C=O) groups is 1. The van der Waals surface area contributed by atoms with Crippen molar-refractivity contribution in [1.82, 2.24) is 24.8 Å². The van der Waals surface area contributed by atoms with Crippen molar-refractivity contribution >= 4 is 23.5 Å². The van der Waals surface area contributed by atoms with Gasteiger partial charge in [0.05, 0.1) is 29.0 Å². The quantitative estimate of drug-likeness (QED) is 0.643. The van der Waals surface area contributed by atoms with Gasteiger partial charge in [0, 0.05) is 31.0 Å². The summed E-state index contributed by atoms with van der Waals surface area (Å²) < 4.78 is 0. The highest BCUT2D eigenvalue weighted by atomic mass is 35.5. The minimum atomic E-state index is 0.00141. The highest BCUT2D eigenvalue weighted by Gasteiger charge is 2.33. The zero-order valence-corrected chi connectivity index (χ0v) is 18.4. The Kier molecular flexibility index (Phi) is 6.42. The summed E-state index contributed by atoms with van der Waals surface area (Å²) in [5.74, 6) is 1.42. The Balaban J connectivity index is 1.62. The molecule has 8 heteroatoms. The number of aryl methyl sites for hydroxylation is 1. The molecule has 31 heavy (non-hydrogen) atoms. The van der Waals surface area contributed by atoms with Crippen molar-refractivity contribution in [3.05, 3.63) is 65.2 Å². The van der Waals surface area contributed by atoms with Crippen LogP contribution < -0.4 is 5.32 Å². The zero-order valence-electron chi connectivity index (χ0n) is 17.6. The first-order valence-electron chi connectivity index (χ1n) is 10.4. The molecule has 0 spiro atoms. The summed E-state index contributed by atoms with van der Waals surface area (Å²) >= 11 is 5.88. The first-order chi connectivity index (χ1) is 15.0. The van der Waals surface area contributed by atoms with Crippen molar-refractivity contribution < 1.29 is 4.79 Å². The Hall–Kier alpha value is -3.06. The number of hydrogen-bond acceptors (Lipinski definition) is 6. The summed E-state index contributed by atoms with van der Waals surface area (Å²) in [6, 6.07) is 7.56. The standard InChI is InChI=1S/C23H25ClN6O/c1-15-7-4-11-30(19(15)14-29-23-27-12-17(24)13-28-23)22(31)18-8-3-6-16(2)20(18)21-25-9-5-10-26-21/h3,5-6,8-10,12-13,15,19H,4,7,11,14H2,1-2H3,(H,27,28,29)/t15-,19-/m1/s1. The smallest absolute Gasteiger partial charge is 0.254 e. The van der Waals surface area contributed by atoms with E-state index in [2.05, 4.69) is 32.2 Å². The predicted molar refractivity (Wildman–Crippen MR) is 121 cm³/mol. The third-order valence-corrected chi connectivity index (χ3v) is 5.95. The van der Waals surface area contributed by atoms with Crippen LogP contribution in [0.15, 0.2) is 49.1 Å². The molecule has 1 fully saturated rings. The van der Waals surface area contributed by atoms with E-state index in [9.17, 15) is 4.79 Å². The Morgan fingerprint density at radius 2 is 1.90 bits per heavy atom. The number of hydrogen-bond donors (Lipinski definition) is 1. The number of amides is 1. The van der Waals surface area contributed by atoms with E-state index in [-0.39, 0.29) is 11.9 Å². The Bertz CT molecular complexity index is 1040. The molecular weight excluding hydrogens is 412 g/mol. The first kappa shape index (κ1) is 21.2. The van der Waals surface area contributed by atoms with Crippen LogP contribution in [0.25, 0.3) is 11.4 Å². The van der Waals surface area contributed by atoms with Gasteiger partial charge in [-0.3, -0.25) is 4.79 Å². The van der Waals surface area contributed by atoms with Crippen molar-refractivity contribution in [2.75, 3.05) is 18.4 Å². The van der Waals surface area contributed by atoms with Gasteiger partial charge in [0.15, 0.2) is 5.82 Å². The molecule has 160 valence electrons. The van der Waals surface area contributed by atoms with Gasteiger partial charge in [0.25, 0.3) is 5.91 Å². The maximum absolute atomic E-state index is 13.8. The molecule has 1 N–H and O–H groups in total. The average Bonchev–Trinajstić information content (AvgIpc) is 2.79. The Morgan fingerprint density at radius 1 is 1.16 bits per heavy atom. The topological polar surface area (TPSA) is 83.9 Å². The molecule has 0 aliphatic carbocycles. The fourth-order valence-electron chi connectivity index (χ4n) is 4.14. The summed E-state index contributed by atoms with van der Waals surface area (Å²) in [7, 11) is 0. The van der Waals surface area contributed by atoms with Crippen LogP contribution in [0, 0.1) is 12.8 Å². The molecule has 4 rings (SSSR count). The molecule has 0 saturated carbocycles. The lowest BCUT2D eigenvalue weighted by Crippen LogP contribution is -2.51. The van der Waals surface area contributed by atoms with E-state index >= 15 is 0 Å². The highest BCUT2D eigenvalue weighted by molar-refractivity contribution is 6.30. The van der Waals surface area contributed by atoms with Crippen LogP contribution >= 0.6 is 11.6 Å². The van der Waals surface area contributed by atoms with Crippen LogP contribution in [-0.2, 0) is 0 Å². The van der Waals surface area contributed by atoms with Crippen LogP contribution in [0.4, 0.5) is 5.95 Å². The molecule has 0 bridgehead atoms. The fourth-order valence-corrected chi connectivity index (χ4v) is 4.24. The van der Waals surface area contributed by atoms with Crippen molar-refractivity contribution in [3.63, 3.8) is 0 Å². The highest BCUT2D eigenvalue weighted by Crippen LogP contribution is 2.30. The number of anilines is 1. The molecule has 7 nitrogen and oxygen atoms in total. The Morgan fingerprint density at radius 3 is 2.65 bits per heavy atom. The van der Waals surface area contributed by atoms with Crippen LogP contribution in [-0.4, -0.2) is 49.9 Å². The fraction of sp³-hybridized carbons (Fsp3) is 0.348. The Labute approximate surface area is 186 Å². The normalized spacial score (nSPS) is 18.6. The van der Waals surface area contributed by atoms with Crippen LogP contribution in [0.3, 0.4) is 0 Å². The predicted octanol–water partition coefficient (Wildman–Crippen LogP) is 4.25. The molecule has 1 amide bonds. The van der Waals surface area contributed by atoms with Crippen LogP contribution in [0.5, 0.6) is 0 Å². The van der Waals surface area contributed by atoms with Crippen LogP contribution in [0.1, 0.15) is 35.7 Å². The molecule has 2 atom stereocenters. The second-order valence-corrected chi connectivity index (χ2v) is 8.30. The molecule has 1 aliphatic rings. The molecule has 0 unspecified atom stereocenters. The van der Waals surface area contributed by atoms with Crippen molar-refractivity contribution in [2.45, 2.75) is 32.7 Å². The van der Waals surface area contributed by atoms with E-state index in [1.165, 1.54) is 0 Å². The molecule has 2 aromatic heterocycles. The second-order valence-electron chi connectivity index (χ2n) is 7.86. The maximum Gasteiger partial charge on any atom is 0.254 e. The van der Waals surface area contributed by atoms with Gasteiger partial charge in [0.1, 0.15) is 0 Å². The number of nitrogens with one attached hydrogen (secondary N) is 1. The number of aromatic nitrogens is 4. The third-order valence-electron chi connectivity index (χ3n) is 5.76. The van der Waals surface area contributed by atoms with E-state index in [1.54, 1.807) is 30.9 Å². The number of nitrogens with zero attached hydrogens (tertiary/aromatic N) is 5. The molecule has 3 heterocycles. The van der Waals surface area contributed by atoms with Gasteiger partial charge in [-0.2, -0.15) is 0 Å². The first-order valence-corrected chi connectivity index (χ1v) is 10.8. The van der Waals surface area contributed by atoms with Crippen molar-refractivity contribution in [3.8, 4) is 11.4 Å². The van der Waals surface area contributed by atoms with E-state index < -0.39 is 0 Å². The minimum Gasteiger partial charge on any atom is -0.352 e. The summed E-state index contributed by atoms with van der Waals surface area (Å²) in [4.78, 5) is 32.9. The zero-order chi connectivity index (χ0) is 21.8. The lowest BCUT2D eigenvalue weighted by atomic mass is 9.89. The summed E-state index contributed by atoms with van der Waals surface area (Å²) in [5, 5.41) is 3.76. The van der Waals surface area contributed by atoms with Gasteiger partial charge in [-0.25, -0.2) is 19.9 Å². The number of benzene rings is 1. The van der Waals surface area contributed by atoms with Gasteiger partial charge in [-0.05, 0) is 43.4 Å². The van der Waals surface area contributed by atoms with Gasteiger partial charge >= 0.3 is 0 Å². The second kappa shape index (κ2) is 9.39. The van der Waals surface area contributed by atoms with Crippen molar-refractivity contribution in [1.29, 1.82) is 0 Å². The lowest BCUT2D eigenvalue weighted by molar-refractivity contribution is 0.0540. The largest absolute Gasteiger partial charge is 0.352 e. The molecule has 0 radical (unpaired) electrons. The molecule has 3 aromatic rings. The van der Waals surface area contributed by atoms with Gasteiger partial charge in [-0.1, -0.05) is 30.7 Å².